The Morgan fingerprint density at radius 2 is 1.93 bits per heavy atom. The smallest absolute Gasteiger partial charge is 0.244 e. The molecule has 29 heavy (non-hydrogen) atoms. The number of hydrogen-bond donors (Lipinski definition) is 1. The third kappa shape index (κ3) is 4.34. The third-order valence-electron chi connectivity index (χ3n) is 4.72. The molecule has 0 saturated carbocycles. The van der Waals surface area contributed by atoms with Crippen LogP contribution in [0.2, 0.25) is 0 Å². The van der Waals surface area contributed by atoms with Crippen LogP contribution < -0.4 is 14.8 Å². The van der Waals surface area contributed by atoms with Gasteiger partial charge in [-0.2, -0.15) is 4.31 Å². The number of sulfonamides is 1. The van der Waals surface area contributed by atoms with Crippen molar-refractivity contribution in [1.82, 2.24) is 9.29 Å². The Kier molecular flexibility index (Phi) is 5.66. The largest absolute Gasteiger partial charge is 0.454 e. The van der Waals surface area contributed by atoms with Crippen LogP contribution >= 0.6 is 11.8 Å². The number of aromatic nitrogens is 1. The average Bonchev–Trinajstić information content (AvgIpc) is 3.40. The van der Waals surface area contributed by atoms with Crippen LogP contribution in [0.4, 0.5) is 5.69 Å². The molecular formula is C19H21N3O5S2. The zero-order chi connectivity index (χ0) is 20.4. The van der Waals surface area contributed by atoms with E-state index < -0.39 is 15.3 Å². The number of amides is 1. The molecule has 154 valence electrons. The first-order valence-electron chi connectivity index (χ1n) is 9.27. The molecule has 1 N–H and O–H groups in total. The molecule has 0 unspecified atom stereocenters. The van der Waals surface area contributed by atoms with Gasteiger partial charge in [-0.3, -0.25) is 4.79 Å². The molecule has 1 amide bonds. The van der Waals surface area contributed by atoms with Gasteiger partial charge in [0.1, 0.15) is 4.90 Å². The second kappa shape index (κ2) is 8.21. The lowest BCUT2D eigenvalue weighted by Gasteiger charge is -2.15. The number of nitrogens with one attached hydrogen (secondary N) is 1. The standard InChI is InChI=1S/C19H21N3O5S2/c1-13(19(23)21-14-4-6-16-17(10-14)27-12-26-16)28-18-7-5-15(11-20-18)29(24,25)22-8-2-3-9-22/h4-7,10-11,13H,2-3,8-9,12H2,1H3,(H,21,23)/t13-/m1/s1. The van der Waals surface area contributed by atoms with Gasteiger partial charge >= 0.3 is 0 Å². The number of thioether (sulfide) groups is 1. The SMILES string of the molecule is C[C@@H](Sc1ccc(S(=O)(=O)N2CCCC2)cn1)C(=O)Nc1ccc2c(c1)OCO2. The Hall–Kier alpha value is -2.30. The quantitative estimate of drug-likeness (QED) is 0.697. The van der Waals surface area contributed by atoms with Gasteiger partial charge in [0.15, 0.2) is 11.5 Å². The lowest BCUT2D eigenvalue weighted by molar-refractivity contribution is -0.115. The summed E-state index contributed by atoms with van der Waals surface area (Å²) in [5.41, 5.74) is 0.617. The number of anilines is 1. The van der Waals surface area contributed by atoms with Gasteiger partial charge in [-0.05, 0) is 44.0 Å². The van der Waals surface area contributed by atoms with E-state index in [1.807, 2.05) is 0 Å². The van der Waals surface area contributed by atoms with Crippen LogP contribution in [0.5, 0.6) is 11.5 Å². The molecule has 1 aromatic carbocycles. The third-order valence-corrected chi connectivity index (χ3v) is 7.65. The minimum absolute atomic E-state index is 0.175. The summed E-state index contributed by atoms with van der Waals surface area (Å²) in [6.45, 7) is 3.05. The van der Waals surface area contributed by atoms with Crippen LogP contribution in [0, 0.1) is 0 Å². The minimum Gasteiger partial charge on any atom is -0.454 e. The summed E-state index contributed by atoms with van der Waals surface area (Å²) in [6.07, 6.45) is 3.13. The monoisotopic (exact) mass is 435 g/mol. The number of carbonyl (C=O) groups is 1. The van der Waals surface area contributed by atoms with Crippen molar-refractivity contribution in [2.45, 2.75) is 34.9 Å². The first-order valence-corrected chi connectivity index (χ1v) is 11.6. The van der Waals surface area contributed by atoms with Crippen molar-refractivity contribution < 1.29 is 22.7 Å². The van der Waals surface area contributed by atoms with Crippen molar-refractivity contribution in [1.29, 1.82) is 0 Å². The molecule has 4 rings (SSSR count). The highest BCUT2D eigenvalue weighted by Crippen LogP contribution is 2.34. The van der Waals surface area contributed by atoms with Gasteiger partial charge in [0.05, 0.1) is 10.3 Å². The van der Waals surface area contributed by atoms with Crippen LogP contribution in [0.15, 0.2) is 46.5 Å². The van der Waals surface area contributed by atoms with Crippen molar-refractivity contribution in [3.8, 4) is 11.5 Å². The molecule has 0 bridgehead atoms. The number of carbonyl (C=O) groups excluding carboxylic acids is 1. The summed E-state index contributed by atoms with van der Waals surface area (Å²) in [5, 5.41) is 3.00. The molecule has 1 atom stereocenters. The summed E-state index contributed by atoms with van der Waals surface area (Å²) in [4.78, 5) is 16.9. The first kappa shape index (κ1) is 20.0. The zero-order valence-electron chi connectivity index (χ0n) is 15.8. The van der Waals surface area contributed by atoms with Gasteiger partial charge < -0.3 is 14.8 Å². The Morgan fingerprint density at radius 3 is 2.66 bits per heavy atom. The van der Waals surface area contributed by atoms with Gasteiger partial charge in [-0.1, -0.05) is 11.8 Å². The fraction of sp³-hybridized carbons (Fsp3) is 0.368. The molecule has 1 saturated heterocycles. The van der Waals surface area contributed by atoms with E-state index in [0.717, 1.165) is 12.8 Å². The van der Waals surface area contributed by atoms with E-state index in [-0.39, 0.29) is 17.6 Å². The molecule has 8 nitrogen and oxygen atoms in total. The van der Waals surface area contributed by atoms with E-state index >= 15 is 0 Å². The molecule has 1 fully saturated rings. The molecule has 0 aliphatic carbocycles. The molecule has 2 aliphatic rings. The van der Waals surface area contributed by atoms with E-state index in [4.69, 9.17) is 9.47 Å². The topological polar surface area (TPSA) is 97.8 Å². The summed E-state index contributed by atoms with van der Waals surface area (Å²) < 4.78 is 37.2. The molecule has 0 radical (unpaired) electrons. The summed E-state index contributed by atoms with van der Waals surface area (Å²) in [6, 6.07) is 8.40. The molecule has 2 aliphatic heterocycles. The van der Waals surface area contributed by atoms with Crippen LogP contribution in [0.1, 0.15) is 19.8 Å². The predicted molar refractivity (Wildman–Crippen MR) is 109 cm³/mol. The van der Waals surface area contributed by atoms with Crippen LogP contribution in [0.25, 0.3) is 0 Å². The predicted octanol–water partition coefficient (Wildman–Crippen LogP) is 2.71. The number of benzene rings is 1. The van der Waals surface area contributed by atoms with Gasteiger partial charge in [0.25, 0.3) is 0 Å². The maximum Gasteiger partial charge on any atom is 0.244 e. The zero-order valence-corrected chi connectivity index (χ0v) is 17.5. The number of rotatable bonds is 6. The van der Waals surface area contributed by atoms with Gasteiger partial charge in [0, 0.05) is 31.0 Å². The summed E-state index contributed by atoms with van der Waals surface area (Å²) in [7, 11) is -3.49. The molecule has 10 heteroatoms. The second-order valence-electron chi connectivity index (χ2n) is 6.76. The van der Waals surface area contributed by atoms with Crippen LogP contribution in [-0.2, 0) is 14.8 Å². The molecule has 1 aromatic heterocycles. The van der Waals surface area contributed by atoms with Gasteiger partial charge in [-0.25, -0.2) is 13.4 Å². The maximum atomic E-state index is 12.6. The van der Waals surface area contributed by atoms with Crippen LogP contribution in [-0.4, -0.2) is 48.7 Å². The van der Waals surface area contributed by atoms with Crippen molar-refractivity contribution in [3.05, 3.63) is 36.5 Å². The van der Waals surface area contributed by atoms with Crippen LogP contribution in [0.3, 0.4) is 0 Å². The number of fused-ring (bicyclic) bond motifs is 1. The highest BCUT2D eigenvalue weighted by molar-refractivity contribution is 8.00. The van der Waals surface area contributed by atoms with Crippen molar-refractivity contribution in [3.63, 3.8) is 0 Å². The second-order valence-corrected chi connectivity index (χ2v) is 10.1. The number of ether oxygens (including phenoxy) is 2. The van der Waals surface area contributed by atoms with Crippen molar-refractivity contribution in [2.24, 2.45) is 0 Å². The van der Waals surface area contributed by atoms with Gasteiger partial charge in [-0.15, -0.1) is 0 Å². The Morgan fingerprint density at radius 1 is 1.17 bits per heavy atom. The van der Waals surface area contributed by atoms with E-state index in [9.17, 15) is 13.2 Å². The molecule has 2 aromatic rings. The summed E-state index contributed by atoms with van der Waals surface area (Å²) in [5.74, 6) is 1.06. The minimum atomic E-state index is -3.49. The van der Waals surface area contributed by atoms with E-state index in [1.165, 1.54) is 22.3 Å². The lowest BCUT2D eigenvalue weighted by Crippen LogP contribution is -2.28. The number of nitrogens with zero attached hydrogens (tertiary/aromatic N) is 2. The Bertz CT molecular complexity index is 1010. The molecule has 3 heterocycles. The van der Waals surface area contributed by atoms with E-state index in [0.29, 0.717) is 35.3 Å². The van der Waals surface area contributed by atoms with Gasteiger partial charge in [0.2, 0.25) is 22.7 Å². The number of pyridine rings is 1. The lowest BCUT2D eigenvalue weighted by atomic mass is 10.2. The van der Waals surface area contributed by atoms with Crippen molar-refractivity contribution in [2.75, 3.05) is 25.2 Å². The Balaban J connectivity index is 1.37. The number of hydrogen-bond acceptors (Lipinski definition) is 7. The molecule has 0 spiro atoms. The average molecular weight is 436 g/mol. The first-order chi connectivity index (χ1) is 13.9. The fourth-order valence-electron chi connectivity index (χ4n) is 3.12. The highest BCUT2D eigenvalue weighted by Gasteiger charge is 2.27. The Labute approximate surface area is 173 Å². The highest BCUT2D eigenvalue weighted by atomic mass is 32.2. The van der Waals surface area contributed by atoms with Crippen molar-refractivity contribution >= 4 is 33.4 Å². The molecular weight excluding hydrogens is 414 g/mol. The maximum absolute atomic E-state index is 12.6. The fourth-order valence-corrected chi connectivity index (χ4v) is 5.37. The normalized spacial score (nSPS) is 17.3. The van der Waals surface area contributed by atoms with E-state index in [2.05, 4.69) is 10.3 Å². The van der Waals surface area contributed by atoms with E-state index in [1.54, 1.807) is 37.3 Å². The summed E-state index contributed by atoms with van der Waals surface area (Å²) >= 11 is 1.26.